The van der Waals surface area contributed by atoms with Crippen molar-refractivity contribution >= 4 is 28.4 Å². The van der Waals surface area contributed by atoms with Crippen LogP contribution in [0.1, 0.15) is 22.1 Å². The second-order valence-corrected chi connectivity index (χ2v) is 7.07. The third-order valence-electron chi connectivity index (χ3n) is 4.98. The minimum atomic E-state index is -0.114. The van der Waals surface area contributed by atoms with Crippen LogP contribution in [0.2, 0.25) is 5.02 Å². The van der Waals surface area contributed by atoms with Crippen molar-refractivity contribution in [1.29, 1.82) is 0 Å². The van der Waals surface area contributed by atoms with Gasteiger partial charge in [0.15, 0.2) is 0 Å². The number of hydrogen-bond donors (Lipinski definition) is 2. The summed E-state index contributed by atoms with van der Waals surface area (Å²) in [5.41, 5.74) is 2.55. The summed E-state index contributed by atoms with van der Waals surface area (Å²) in [6.07, 6.45) is 0. The fraction of sp³-hybridized carbons (Fsp3) is 0.286. The van der Waals surface area contributed by atoms with Crippen LogP contribution in [0.15, 0.2) is 54.6 Å². The molecule has 0 radical (unpaired) electrons. The molecule has 4 rings (SSSR count). The van der Waals surface area contributed by atoms with Gasteiger partial charge in [-0.05, 0) is 23.8 Å². The molecular formula is C21H22ClN3O2. The van der Waals surface area contributed by atoms with Crippen LogP contribution < -0.4 is 5.32 Å². The van der Waals surface area contributed by atoms with E-state index >= 15 is 0 Å². The Hall–Kier alpha value is -2.34. The van der Waals surface area contributed by atoms with Gasteiger partial charge < -0.3 is 15.0 Å². The lowest BCUT2D eigenvalue weighted by atomic mass is 10.0. The predicted molar refractivity (Wildman–Crippen MR) is 107 cm³/mol. The third kappa shape index (κ3) is 4.00. The Morgan fingerprint density at radius 3 is 2.67 bits per heavy atom. The number of fused-ring (bicyclic) bond motifs is 1. The van der Waals surface area contributed by atoms with Gasteiger partial charge in [0.2, 0.25) is 0 Å². The minimum absolute atomic E-state index is 0.0101. The fourth-order valence-corrected chi connectivity index (χ4v) is 3.81. The first-order chi connectivity index (χ1) is 13.2. The van der Waals surface area contributed by atoms with Crippen LogP contribution in [0.3, 0.4) is 0 Å². The highest BCUT2D eigenvalue weighted by Gasteiger charge is 2.25. The average molecular weight is 384 g/mol. The van der Waals surface area contributed by atoms with E-state index in [4.69, 9.17) is 16.3 Å². The Balaban J connectivity index is 1.52. The van der Waals surface area contributed by atoms with Crippen molar-refractivity contribution in [3.05, 3.63) is 70.9 Å². The van der Waals surface area contributed by atoms with Gasteiger partial charge in [-0.15, -0.1) is 0 Å². The highest BCUT2D eigenvalue weighted by Crippen LogP contribution is 2.28. The summed E-state index contributed by atoms with van der Waals surface area (Å²) in [6.45, 7) is 3.50. The lowest BCUT2D eigenvalue weighted by Crippen LogP contribution is -2.44. The Bertz CT molecular complexity index is 901. The molecule has 3 aromatic rings. The van der Waals surface area contributed by atoms with Crippen LogP contribution in [-0.4, -0.2) is 48.6 Å². The molecule has 1 saturated heterocycles. The van der Waals surface area contributed by atoms with E-state index < -0.39 is 0 Å². The number of nitrogens with one attached hydrogen (secondary N) is 2. The maximum Gasteiger partial charge on any atom is 0.267 e. The Morgan fingerprint density at radius 2 is 1.89 bits per heavy atom. The lowest BCUT2D eigenvalue weighted by molar-refractivity contribution is 0.0162. The topological polar surface area (TPSA) is 57.4 Å². The number of rotatable bonds is 5. The Morgan fingerprint density at radius 1 is 1.15 bits per heavy atom. The van der Waals surface area contributed by atoms with Crippen LogP contribution in [0, 0.1) is 0 Å². The molecule has 0 unspecified atom stereocenters. The van der Waals surface area contributed by atoms with E-state index in [2.05, 4.69) is 15.2 Å². The van der Waals surface area contributed by atoms with Crippen molar-refractivity contribution in [2.24, 2.45) is 0 Å². The number of nitrogens with zero attached hydrogens (tertiary/aromatic N) is 1. The number of aromatic nitrogens is 1. The molecule has 0 bridgehead atoms. The number of H-pyrrole nitrogens is 1. The standard InChI is InChI=1S/C21H22ClN3O2/c22-17-7-3-2-6-16(17)20(25-9-11-27-12-10-25)14-23-21(26)19-13-15-5-1-4-8-18(15)24-19/h1-8,13,20,24H,9-12,14H2,(H,23,26)/t20-/m0/s1. The molecule has 27 heavy (non-hydrogen) atoms. The van der Waals surface area contributed by atoms with Crippen molar-refractivity contribution in [3.8, 4) is 0 Å². The van der Waals surface area contributed by atoms with Crippen molar-refractivity contribution in [2.45, 2.75) is 6.04 Å². The summed E-state index contributed by atoms with van der Waals surface area (Å²) in [7, 11) is 0. The zero-order chi connectivity index (χ0) is 18.6. The summed E-state index contributed by atoms with van der Waals surface area (Å²) in [5, 5.41) is 4.81. The molecule has 0 saturated carbocycles. The SMILES string of the molecule is O=C(NC[C@@H](c1ccccc1Cl)N1CCOCC1)c1cc2ccccc2[nH]1. The summed E-state index contributed by atoms with van der Waals surface area (Å²) >= 11 is 6.45. The van der Waals surface area contributed by atoms with Gasteiger partial charge in [0.1, 0.15) is 5.69 Å². The van der Waals surface area contributed by atoms with Crippen LogP contribution in [0.5, 0.6) is 0 Å². The molecule has 6 heteroatoms. The van der Waals surface area contributed by atoms with E-state index in [1.807, 2.05) is 54.6 Å². The van der Waals surface area contributed by atoms with E-state index in [1.165, 1.54) is 0 Å². The number of carbonyl (C=O) groups is 1. The molecule has 0 aliphatic carbocycles. The lowest BCUT2D eigenvalue weighted by Gasteiger charge is -2.35. The summed E-state index contributed by atoms with van der Waals surface area (Å²) in [4.78, 5) is 18.2. The molecule has 1 fully saturated rings. The van der Waals surface area contributed by atoms with Gasteiger partial charge in [0.25, 0.3) is 5.91 Å². The molecule has 5 nitrogen and oxygen atoms in total. The van der Waals surface area contributed by atoms with Gasteiger partial charge in [0.05, 0.1) is 19.3 Å². The molecule has 140 valence electrons. The number of ether oxygens (including phenoxy) is 1. The zero-order valence-electron chi connectivity index (χ0n) is 15.0. The van der Waals surface area contributed by atoms with Gasteiger partial charge in [-0.2, -0.15) is 0 Å². The molecule has 0 spiro atoms. The Kier molecular flexibility index (Phi) is 5.43. The maximum atomic E-state index is 12.7. The number of amides is 1. The zero-order valence-corrected chi connectivity index (χ0v) is 15.7. The molecule has 1 aliphatic rings. The van der Waals surface area contributed by atoms with Crippen LogP contribution in [-0.2, 0) is 4.74 Å². The van der Waals surface area contributed by atoms with Crippen LogP contribution in [0.25, 0.3) is 10.9 Å². The molecular weight excluding hydrogens is 362 g/mol. The number of halogens is 1. The molecule has 1 atom stereocenters. The van der Waals surface area contributed by atoms with E-state index in [-0.39, 0.29) is 11.9 Å². The van der Waals surface area contributed by atoms with Gasteiger partial charge in [-0.25, -0.2) is 0 Å². The first-order valence-electron chi connectivity index (χ1n) is 9.14. The first-order valence-corrected chi connectivity index (χ1v) is 9.52. The second kappa shape index (κ2) is 8.13. The average Bonchev–Trinajstić information content (AvgIpc) is 3.14. The van der Waals surface area contributed by atoms with Gasteiger partial charge in [-0.1, -0.05) is 48.0 Å². The fourth-order valence-electron chi connectivity index (χ4n) is 3.55. The third-order valence-corrected chi connectivity index (χ3v) is 5.33. The van der Waals surface area contributed by atoms with Gasteiger partial charge in [-0.3, -0.25) is 9.69 Å². The summed E-state index contributed by atoms with van der Waals surface area (Å²) < 4.78 is 5.48. The molecule has 1 aromatic heterocycles. The molecule has 2 N–H and O–H groups in total. The second-order valence-electron chi connectivity index (χ2n) is 6.67. The Labute approximate surface area is 163 Å². The van der Waals surface area contributed by atoms with Crippen molar-refractivity contribution < 1.29 is 9.53 Å². The van der Waals surface area contributed by atoms with Crippen molar-refractivity contribution in [1.82, 2.24) is 15.2 Å². The van der Waals surface area contributed by atoms with Gasteiger partial charge >= 0.3 is 0 Å². The number of aromatic amines is 1. The largest absolute Gasteiger partial charge is 0.379 e. The van der Waals surface area contributed by atoms with Crippen LogP contribution >= 0.6 is 11.6 Å². The van der Waals surface area contributed by atoms with Crippen molar-refractivity contribution in [3.63, 3.8) is 0 Å². The molecule has 2 heterocycles. The quantitative estimate of drug-likeness (QED) is 0.707. The van der Waals surface area contributed by atoms with E-state index in [0.29, 0.717) is 30.5 Å². The van der Waals surface area contributed by atoms with E-state index in [1.54, 1.807) is 0 Å². The number of carbonyl (C=O) groups excluding carboxylic acids is 1. The minimum Gasteiger partial charge on any atom is -0.379 e. The number of morpholine rings is 1. The highest BCUT2D eigenvalue weighted by atomic mass is 35.5. The summed E-state index contributed by atoms with van der Waals surface area (Å²) in [5.74, 6) is -0.114. The van der Waals surface area contributed by atoms with Crippen molar-refractivity contribution in [2.75, 3.05) is 32.8 Å². The van der Waals surface area contributed by atoms with Gasteiger partial charge in [0, 0.05) is 35.6 Å². The number of benzene rings is 2. The normalized spacial score (nSPS) is 16.3. The molecule has 1 amide bonds. The van der Waals surface area contributed by atoms with E-state index in [0.717, 1.165) is 29.6 Å². The number of para-hydroxylation sites is 1. The van der Waals surface area contributed by atoms with Crippen LogP contribution in [0.4, 0.5) is 0 Å². The molecule has 2 aromatic carbocycles. The molecule has 1 aliphatic heterocycles. The first kappa shape index (κ1) is 18.0. The highest BCUT2D eigenvalue weighted by molar-refractivity contribution is 6.31. The van der Waals surface area contributed by atoms with E-state index in [9.17, 15) is 4.79 Å². The maximum absolute atomic E-state index is 12.7. The number of hydrogen-bond acceptors (Lipinski definition) is 3. The smallest absolute Gasteiger partial charge is 0.267 e. The predicted octanol–water partition coefficient (Wildman–Crippen LogP) is 3.62. The monoisotopic (exact) mass is 383 g/mol. The summed E-state index contributed by atoms with van der Waals surface area (Å²) in [6, 6.07) is 17.6.